The summed E-state index contributed by atoms with van der Waals surface area (Å²) in [6.07, 6.45) is 1.68. The highest BCUT2D eigenvalue weighted by Crippen LogP contribution is 2.22. The van der Waals surface area contributed by atoms with Gasteiger partial charge in [0.15, 0.2) is 22.4 Å². The normalized spacial score (nSPS) is 11.7. The molecule has 2 aromatic heterocycles. The van der Waals surface area contributed by atoms with Crippen LogP contribution in [0.15, 0.2) is 58.4 Å². The van der Waals surface area contributed by atoms with E-state index >= 15 is 0 Å². The van der Waals surface area contributed by atoms with E-state index in [1.165, 1.54) is 16.8 Å². The Bertz CT molecular complexity index is 1220. The van der Waals surface area contributed by atoms with Crippen LogP contribution in [0.25, 0.3) is 5.69 Å². The molecule has 30 heavy (non-hydrogen) atoms. The predicted octanol–water partition coefficient (Wildman–Crippen LogP) is 2.14. The first-order chi connectivity index (χ1) is 14.5. The summed E-state index contributed by atoms with van der Waals surface area (Å²) in [5, 5.41) is 25.2. The summed E-state index contributed by atoms with van der Waals surface area (Å²) in [6, 6.07) is 11.7. The van der Waals surface area contributed by atoms with Crippen LogP contribution >= 0.6 is 11.6 Å². The predicted molar refractivity (Wildman–Crippen MR) is 102 cm³/mol. The van der Waals surface area contributed by atoms with E-state index in [1.807, 2.05) is 36.7 Å². The summed E-state index contributed by atoms with van der Waals surface area (Å²) in [6.45, 7) is 2.13. The molecule has 4 rings (SSSR count). The fourth-order valence-electron chi connectivity index (χ4n) is 2.69. The van der Waals surface area contributed by atoms with E-state index in [0.29, 0.717) is 11.4 Å². The van der Waals surface area contributed by atoms with Gasteiger partial charge in [0, 0.05) is 0 Å². The van der Waals surface area contributed by atoms with Gasteiger partial charge in [-0.25, -0.2) is 14.0 Å². The van der Waals surface area contributed by atoms with Crippen molar-refractivity contribution in [2.24, 2.45) is 4.99 Å². The van der Waals surface area contributed by atoms with E-state index in [1.54, 1.807) is 11.0 Å². The number of nitrogens with one attached hydrogen (secondary N) is 1. The molecule has 0 unspecified atom stereocenters. The first-order valence-corrected chi connectivity index (χ1v) is 9.06. The molecule has 0 bridgehead atoms. The summed E-state index contributed by atoms with van der Waals surface area (Å²) < 4.78 is 21.3. The van der Waals surface area contributed by atoms with E-state index < -0.39 is 5.82 Å². The Morgan fingerprint density at radius 2 is 2.17 bits per heavy atom. The number of hydrogen-bond acceptors (Lipinski definition) is 7. The van der Waals surface area contributed by atoms with Crippen molar-refractivity contribution in [3.63, 3.8) is 0 Å². The van der Waals surface area contributed by atoms with Crippen LogP contribution in [0.5, 0.6) is 0 Å². The second-order valence-electron chi connectivity index (χ2n) is 6.31. The highest BCUT2D eigenvalue weighted by atomic mass is 35.5. The van der Waals surface area contributed by atoms with Crippen molar-refractivity contribution in [2.75, 3.05) is 0 Å². The molecule has 2 aromatic carbocycles. The largest absolute Gasteiger partial charge is 0.290 e. The molecule has 12 heteroatoms. The maximum absolute atomic E-state index is 13.3. The van der Waals surface area contributed by atoms with Gasteiger partial charge in [0.1, 0.15) is 23.3 Å². The lowest BCUT2D eigenvalue weighted by molar-refractivity contribution is -0.747. The van der Waals surface area contributed by atoms with Crippen LogP contribution in [0.2, 0.25) is 5.02 Å². The number of hydroxylamine groups is 1. The number of halogens is 2. The van der Waals surface area contributed by atoms with E-state index in [2.05, 4.69) is 25.7 Å². The summed E-state index contributed by atoms with van der Waals surface area (Å²) in [7, 11) is 0. The number of aryl methyl sites for hydroxylation is 1. The monoisotopic (exact) mass is 429 g/mol. The molecule has 0 aliphatic rings. The van der Waals surface area contributed by atoms with Crippen LogP contribution in [0, 0.1) is 12.7 Å². The van der Waals surface area contributed by atoms with Crippen LogP contribution < -0.4 is 10.2 Å². The van der Waals surface area contributed by atoms with Gasteiger partial charge < -0.3 is 0 Å². The molecule has 2 N–H and O–H groups in total. The average Bonchev–Trinajstić information content (AvgIpc) is 3.39. The van der Waals surface area contributed by atoms with Crippen LogP contribution in [0.3, 0.4) is 0 Å². The number of aliphatic imine (C=N–C) groups is 1. The molecule has 0 saturated heterocycles. The number of rotatable bonds is 5. The second-order valence-corrected chi connectivity index (χ2v) is 6.71. The quantitative estimate of drug-likeness (QED) is 0.216. The standard InChI is InChI=1S/C18H15ClFN8O2/c1-11-3-2-4-13(7-11)28-10-27(25-26-28)9-16-17(24-30-23-16)18(22-29)21-12-5-6-15(20)14(19)8-12/h2-8,10,29H,9H2,1H3,(H,21,22)/q+1. The number of benzene rings is 2. The maximum atomic E-state index is 13.3. The Labute approximate surface area is 174 Å². The molecule has 10 nitrogen and oxygen atoms in total. The number of hydrogen-bond donors (Lipinski definition) is 2. The van der Waals surface area contributed by atoms with Crippen molar-refractivity contribution < 1.29 is 18.9 Å². The minimum absolute atomic E-state index is 0.0550. The molecule has 152 valence electrons. The van der Waals surface area contributed by atoms with E-state index in [-0.39, 0.29) is 23.1 Å². The van der Waals surface area contributed by atoms with Gasteiger partial charge >= 0.3 is 0 Å². The minimum Gasteiger partial charge on any atom is -0.290 e. The molecule has 0 aliphatic carbocycles. The summed E-state index contributed by atoms with van der Waals surface area (Å²) in [5.74, 6) is -0.633. The fraction of sp³-hybridized carbons (Fsp3) is 0.111. The Hall–Kier alpha value is -3.70. The molecule has 0 atom stereocenters. The topological polar surface area (TPSA) is 118 Å². The lowest BCUT2D eigenvalue weighted by Gasteiger charge is -2.03. The Morgan fingerprint density at radius 1 is 1.30 bits per heavy atom. The van der Waals surface area contributed by atoms with Crippen molar-refractivity contribution in [1.29, 1.82) is 0 Å². The van der Waals surface area contributed by atoms with Crippen molar-refractivity contribution in [3.8, 4) is 5.69 Å². The molecule has 4 aromatic rings. The van der Waals surface area contributed by atoms with Gasteiger partial charge in [-0.1, -0.05) is 33.6 Å². The lowest BCUT2D eigenvalue weighted by Crippen LogP contribution is -2.37. The third kappa shape index (κ3) is 4.16. The van der Waals surface area contributed by atoms with Gasteiger partial charge in [-0.15, -0.1) is 4.68 Å². The zero-order chi connectivity index (χ0) is 21.1. The average molecular weight is 430 g/mol. The highest BCUT2D eigenvalue weighted by Gasteiger charge is 2.20. The first-order valence-electron chi connectivity index (χ1n) is 8.68. The van der Waals surface area contributed by atoms with E-state index in [9.17, 15) is 9.60 Å². The number of tetrazole rings is 1. The first kappa shape index (κ1) is 19.6. The van der Waals surface area contributed by atoms with Crippen LogP contribution in [-0.4, -0.2) is 36.5 Å². The van der Waals surface area contributed by atoms with E-state index in [0.717, 1.165) is 17.3 Å². The Kier molecular flexibility index (Phi) is 5.46. The number of nitrogens with zero attached hydrogens (tertiary/aromatic N) is 7. The molecule has 0 saturated carbocycles. The van der Waals surface area contributed by atoms with Crippen molar-refractivity contribution in [2.45, 2.75) is 13.5 Å². The smallest absolute Gasteiger partial charge is 0.250 e. The summed E-state index contributed by atoms with van der Waals surface area (Å²) in [5.41, 5.74) is 4.68. The SMILES string of the molecule is Cc1cccc(-n2c[n+](Cc3nonc3C(=Nc3ccc(F)c(Cl)c3)NO)nn2)c1. The van der Waals surface area contributed by atoms with Gasteiger partial charge in [-0.05, 0) is 48.0 Å². The zero-order valence-electron chi connectivity index (χ0n) is 15.6. The number of amidine groups is 1. The molecular weight excluding hydrogens is 415 g/mol. The molecule has 0 aliphatic heterocycles. The molecule has 0 fully saturated rings. The molecular formula is C18H15ClFN8O2+. The molecule has 0 radical (unpaired) electrons. The van der Waals surface area contributed by atoms with Crippen molar-refractivity contribution in [1.82, 2.24) is 30.9 Å². The third-order valence-corrected chi connectivity index (χ3v) is 4.39. The van der Waals surface area contributed by atoms with E-state index in [4.69, 9.17) is 16.2 Å². The lowest BCUT2D eigenvalue weighted by atomic mass is 10.2. The van der Waals surface area contributed by atoms with Gasteiger partial charge in [0.2, 0.25) is 0 Å². The van der Waals surface area contributed by atoms with Crippen molar-refractivity contribution >= 4 is 23.1 Å². The second kappa shape index (κ2) is 8.35. The van der Waals surface area contributed by atoms with Gasteiger partial charge in [-0.3, -0.25) is 10.7 Å². The Morgan fingerprint density at radius 3 is 2.93 bits per heavy atom. The molecule has 2 heterocycles. The fourth-order valence-corrected chi connectivity index (χ4v) is 2.86. The number of aromatic nitrogens is 6. The van der Waals surface area contributed by atoms with Crippen LogP contribution in [0.1, 0.15) is 17.0 Å². The van der Waals surface area contributed by atoms with Crippen LogP contribution in [0.4, 0.5) is 10.1 Å². The highest BCUT2D eigenvalue weighted by molar-refractivity contribution is 6.31. The zero-order valence-corrected chi connectivity index (χ0v) is 16.3. The Balaban J connectivity index is 1.60. The van der Waals surface area contributed by atoms with Crippen LogP contribution in [-0.2, 0) is 6.54 Å². The molecule has 0 spiro atoms. The third-order valence-electron chi connectivity index (χ3n) is 4.10. The summed E-state index contributed by atoms with van der Waals surface area (Å²) in [4.78, 5) is 4.18. The van der Waals surface area contributed by atoms with Gasteiger partial charge in [-0.2, -0.15) is 0 Å². The minimum atomic E-state index is -0.578. The molecule has 0 amide bonds. The maximum Gasteiger partial charge on any atom is 0.250 e. The van der Waals surface area contributed by atoms with Crippen molar-refractivity contribution in [3.05, 3.63) is 76.6 Å². The summed E-state index contributed by atoms with van der Waals surface area (Å²) >= 11 is 5.77. The van der Waals surface area contributed by atoms with Gasteiger partial charge in [0.25, 0.3) is 6.33 Å². The van der Waals surface area contributed by atoms with Gasteiger partial charge in [0.05, 0.1) is 10.7 Å².